The molecule has 1 N–H and O–H groups in total. The number of halogens is 1. The Hall–Kier alpha value is -0.905. The fourth-order valence-corrected chi connectivity index (χ4v) is 2.29. The fraction of sp³-hybridized carbons (Fsp3) is 0.625. The van der Waals surface area contributed by atoms with Gasteiger partial charge in [0, 0.05) is 17.6 Å². The number of hydrogen-bond acceptors (Lipinski definition) is 3. The van der Waals surface area contributed by atoms with Gasteiger partial charge in [0.05, 0.1) is 11.2 Å². The highest BCUT2D eigenvalue weighted by Crippen LogP contribution is 2.36. The van der Waals surface area contributed by atoms with E-state index in [9.17, 15) is 4.39 Å². The third-order valence-corrected chi connectivity index (χ3v) is 4.36. The van der Waals surface area contributed by atoms with Crippen LogP contribution >= 0.6 is 0 Å². The quantitative estimate of drug-likeness (QED) is 0.668. The highest BCUT2D eigenvalue weighted by Gasteiger charge is 2.52. The molecule has 0 aliphatic carbocycles. The lowest BCUT2D eigenvalue weighted by molar-refractivity contribution is 0.00578. The molecule has 1 aliphatic rings. The van der Waals surface area contributed by atoms with Crippen molar-refractivity contribution in [3.63, 3.8) is 0 Å². The zero-order valence-electron chi connectivity index (χ0n) is 13.6. The van der Waals surface area contributed by atoms with Crippen LogP contribution < -0.4 is 10.8 Å². The van der Waals surface area contributed by atoms with Gasteiger partial charge in [0.15, 0.2) is 0 Å². The highest BCUT2D eigenvalue weighted by atomic mass is 19.1. The lowest BCUT2D eigenvalue weighted by Gasteiger charge is -2.32. The van der Waals surface area contributed by atoms with Gasteiger partial charge in [0.2, 0.25) is 0 Å². The summed E-state index contributed by atoms with van der Waals surface area (Å²) < 4.78 is 26.5. The molecule has 2 rings (SSSR count). The SMILES string of the molecule is CCCNCc1cccc(B2OC(C)(C)C(C)(C)O2)c1F. The van der Waals surface area contributed by atoms with Crippen LogP contribution in [0.3, 0.4) is 0 Å². The summed E-state index contributed by atoms with van der Waals surface area (Å²) in [6.07, 6.45) is 1.03. The zero-order chi connectivity index (χ0) is 15.7. The molecule has 1 aliphatic heterocycles. The largest absolute Gasteiger partial charge is 0.497 e. The summed E-state index contributed by atoms with van der Waals surface area (Å²) >= 11 is 0. The maximum absolute atomic E-state index is 14.7. The summed E-state index contributed by atoms with van der Waals surface area (Å²) in [4.78, 5) is 0. The molecule has 0 atom stereocenters. The Morgan fingerprint density at radius 3 is 2.33 bits per heavy atom. The van der Waals surface area contributed by atoms with Gasteiger partial charge in [-0.05, 0) is 40.7 Å². The van der Waals surface area contributed by atoms with Crippen LogP contribution in [0.25, 0.3) is 0 Å². The van der Waals surface area contributed by atoms with E-state index in [2.05, 4.69) is 12.2 Å². The van der Waals surface area contributed by atoms with Crippen LogP contribution in [0.1, 0.15) is 46.6 Å². The maximum Gasteiger partial charge on any atom is 0.497 e. The van der Waals surface area contributed by atoms with E-state index in [1.807, 2.05) is 33.8 Å². The molecule has 1 aromatic rings. The summed E-state index contributed by atoms with van der Waals surface area (Å²) in [5.74, 6) is -0.236. The number of rotatable bonds is 5. The fourth-order valence-electron chi connectivity index (χ4n) is 2.29. The van der Waals surface area contributed by atoms with Crippen molar-refractivity contribution in [3.05, 3.63) is 29.6 Å². The molecule has 1 fully saturated rings. The molecule has 21 heavy (non-hydrogen) atoms. The van der Waals surface area contributed by atoms with E-state index in [-0.39, 0.29) is 5.82 Å². The zero-order valence-corrected chi connectivity index (χ0v) is 13.6. The number of benzene rings is 1. The number of hydrogen-bond donors (Lipinski definition) is 1. The summed E-state index contributed by atoms with van der Waals surface area (Å²) in [7, 11) is -0.652. The van der Waals surface area contributed by atoms with Crippen molar-refractivity contribution >= 4 is 12.6 Å². The Balaban J connectivity index is 2.20. The third-order valence-electron chi connectivity index (χ3n) is 4.36. The lowest BCUT2D eigenvalue weighted by Crippen LogP contribution is -2.41. The van der Waals surface area contributed by atoms with E-state index >= 15 is 0 Å². The molecule has 0 unspecified atom stereocenters. The van der Waals surface area contributed by atoms with Gasteiger partial charge in [-0.2, -0.15) is 0 Å². The van der Waals surface area contributed by atoms with Crippen molar-refractivity contribution in [3.8, 4) is 0 Å². The number of nitrogens with one attached hydrogen (secondary N) is 1. The van der Waals surface area contributed by atoms with Gasteiger partial charge < -0.3 is 14.6 Å². The van der Waals surface area contributed by atoms with Crippen LogP contribution in [0.15, 0.2) is 18.2 Å². The Kier molecular flexibility index (Phi) is 4.76. The van der Waals surface area contributed by atoms with Crippen LogP contribution in [0.5, 0.6) is 0 Å². The van der Waals surface area contributed by atoms with Gasteiger partial charge in [-0.15, -0.1) is 0 Å². The van der Waals surface area contributed by atoms with E-state index in [1.165, 1.54) is 0 Å². The monoisotopic (exact) mass is 293 g/mol. The Morgan fingerprint density at radius 2 is 1.76 bits per heavy atom. The van der Waals surface area contributed by atoms with Gasteiger partial charge in [0.1, 0.15) is 5.82 Å². The molecule has 0 saturated carbocycles. The average molecular weight is 293 g/mol. The molecule has 0 aromatic heterocycles. The Bertz CT molecular complexity index is 489. The molecule has 0 spiro atoms. The minimum Gasteiger partial charge on any atom is -0.399 e. The van der Waals surface area contributed by atoms with Gasteiger partial charge >= 0.3 is 7.12 Å². The van der Waals surface area contributed by atoms with E-state index < -0.39 is 18.3 Å². The lowest BCUT2D eigenvalue weighted by atomic mass is 9.78. The summed E-state index contributed by atoms with van der Waals surface area (Å²) in [6.45, 7) is 11.4. The minimum atomic E-state index is -0.652. The second-order valence-corrected chi connectivity index (χ2v) is 6.59. The first-order valence-electron chi connectivity index (χ1n) is 7.62. The standard InChI is InChI=1S/C16H25BFNO2/c1-6-10-19-11-12-8-7-9-13(14(12)18)17-20-15(2,3)16(4,5)21-17/h7-9,19H,6,10-11H2,1-5H3. The molecule has 3 nitrogen and oxygen atoms in total. The van der Waals surface area contributed by atoms with Crippen molar-refractivity contribution in [2.75, 3.05) is 6.54 Å². The summed E-state index contributed by atoms with van der Waals surface area (Å²) in [6, 6.07) is 5.39. The second-order valence-electron chi connectivity index (χ2n) is 6.59. The molecular weight excluding hydrogens is 268 g/mol. The molecule has 1 aromatic carbocycles. The van der Waals surface area contributed by atoms with Crippen molar-refractivity contribution in [1.82, 2.24) is 5.32 Å². The Morgan fingerprint density at radius 1 is 1.14 bits per heavy atom. The van der Waals surface area contributed by atoms with Gasteiger partial charge in [0.25, 0.3) is 0 Å². The van der Waals surface area contributed by atoms with Crippen molar-refractivity contribution in [2.24, 2.45) is 0 Å². The predicted molar refractivity (Wildman–Crippen MR) is 84.1 cm³/mol. The van der Waals surface area contributed by atoms with Crippen LogP contribution in [0, 0.1) is 5.82 Å². The first-order chi connectivity index (χ1) is 9.78. The Labute approximate surface area is 127 Å². The van der Waals surface area contributed by atoms with E-state index in [0.717, 1.165) is 13.0 Å². The molecule has 0 bridgehead atoms. The highest BCUT2D eigenvalue weighted by molar-refractivity contribution is 6.62. The molecule has 5 heteroatoms. The van der Waals surface area contributed by atoms with Gasteiger partial charge in [-0.3, -0.25) is 0 Å². The van der Waals surface area contributed by atoms with E-state index in [1.54, 1.807) is 12.1 Å². The summed E-state index contributed by atoms with van der Waals surface area (Å²) in [5, 5.41) is 3.22. The first-order valence-corrected chi connectivity index (χ1v) is 7.62. The molecular formula is C16H25BFNO2. The average Bonchev–Trinajstić information content (AvgIpc) is 2.60. The predicted octanol–water partition coefficient (Wildman–Crippen LogP) is 2.62. The first kappa shape index (κ1) is 16.5. The van der Waals surface area contributed by atoms with Gasteiger partial charge in [-0.25, -0.2) is 4.39 Å². The molecule has 1 heterocycles. The van der Waals surface area contributed by atoms with Crippen molar-refractivity contribution in [2.45, 2.75) is 58.8 Å². The van der Waals surface area contributed by atoms with Gasteiger partial charge in [-0.1, -0.05) is 25.1 Å². The van der Waals surface area contributed by atoms with Crippen LogP contribution in [-0.4, -0.2) is 24.9 Å². The van der Waals surface area contributed by atoms with E-state index in [4.69, 9.17) is 9.31 Å². The maximum atomic E-state index is 14.7. The summed E-state index contributed by atoms with van der Waals surface area (Å²) in [5.41, 5.74) is 0.210. The van der Waals surface area contributed by atoms with Crippen molar-refractivity contribution < 1.29 is 13.7 Å². The smallest absolute Gasteiger partial charge is 0.399 e. The molecule has 0 amide bonds. The van der Waals surface area contributed by atoms with Crippen LogP contribution in [0.2, 0.25) is 0 Å². The molecule has 1 saturated heterocycles. The van der Waals surface area contributed by atoms with Crippen molar-refractivity contribution in [1.29, 1.82) is 0 Å². The van der Waals surface area contributed by atoms with Crippen LogP contribution in [-0.2, 0) is 15.9 Å². The van der Waals surface area contributed by atoms with Crippen LogP contribution in [0.4, 0.5) is 4.39 Å². The topological polar surface area (TPSA) is 30.5 Å². The molecule has 116 valence electrons. The normalized spacial score (nSPS) is 20.0. The third kappa shape index (κ3) is 3.30. The second kappa shape index (κ2) is 6.07. The minimum absolute atomic E-state index is 0.236. The molecule has 0 radical (unpaired) electrons. The van der Waals surface area contributed by atoms with E-state index in [0.29, 0.717) is 17.6 Å².